The van der Waals surface area contributed by atoms with E-state index in [1.165, 1.54) is 19.3 Å². The quantitative estimate of drug-likeness (QED) is 0.542. The first kappa shape index (κ1) is 16.2. The zero-order valence-electron chi connectivity index (χ0n) is 12.1. The van der Waals surface area contributed by atoms with Gasteiger partial charge in [0.15, 0.2) is 0 Å². The molecule has 22 heavy (non-hydrogen) atoms. The minimum atomic E-state index is -3.40. The van der Waals surface area contributed by atoms with E-state index >= 15 is 0 Å². The maximum Gasteiger partial charge on any atom is 0.305 e. The number of nitrogens with one attached hydrogen (secondary N) is 1. The van der Waals surface area contributed by atoms with Crippen molar-refractivity contribution in [2.75, 3.05) is 26.0 Å². The van der Waals surface area contributed by atoms with Crippen molar-refractivity contribution in [2.24, 2.45) is 4.40 Å². The molecule has 0 aromatic carbocycles. The van der Waals surface area contributed by atoms with Crippen LogP contribution < -0.4 is 5.32 Å². The van der Waals surface area contributed by atoms with Gasteiger partial charge in [-0.2, -0.15) is 0 Å². The SMILES string of the molecule is COC(=O)CCCNC(=O)C1=CN2CCS(=O)(=O)N=C2C=C1. The van der Waals surface area contributed by atoms with E-state index in [4.69, 9.17) is 0 Å². The Bertz CT molecular complexity index is 663. The lowest BCUT2D eigenvalue weighted by Gasteiger charge is -2.26. The van der Waals surface area contributed by atoms with E-state index in [1.807, 2.05) is 0 Å². The smallest absolute Gasteiger partial charge is 0.305 e. The average molecular weight is 327 g/mol. The number of methoxy groups -OCH3 is 1. The van der Waals surface area contributed by atoms with Crippen molar-refractivity contribution in [1.82, 2.24) is 10.2 Å². The summed E-state index contributed by atoms with van der Waals surface area (Å²) in [6.45, 7) is 0.624. The lowest BCUT2D eigenvalue weighted by atomic mass is 10.1. The van der Waals surface area contributed by atoms with E-state index in [1.54, 1.807) is 11.1 Å². The molecule has 2 aliphatic heterocycles. The molecule has 0 atom stereocenters. The number of carbonyl (C=O) groups is 2. The van der Waals surface area contributed by atoms with Crippen molar-refractivity contribution in [3.05, 3.63) is 23.9 Å². The fourth-order valence-corrected chi connectivity index (χ4v) is 2.94. The molecule has 0 aromatic rings. The fraction of sp³-hybridized carbons (Fsp3) is 0.462. The molecule has 0 saturated heterocycles. The molecule has 0 bridgehead atoms. The van der Waals surface area contributed by atoms with Crippen molar-refractivity contribution in [3.8, 4) is 0 Å². The molecule has 0 spiro atoms. The van der Waals surface area contributed by atoms with Crippen molar-refractivity contribution in [1.29, 1.82) is 0 Å². The predicted octanol–water partition coefficient (Wildman–Crippen LogP) is -0.447. The van der Waals surface area contributed by atoms with Crippen LogP contribution in [-0.2, 0) is 24.3 Å². The molecular formula is C13H17N3O5S. The minimum absolute atomic E-state index is 0.0745. The van der Waals surface area contributed by atoms with E-state index in [0.717, 1.165) is 0 Å². The highest BCUT2D eigenvalue weighted by Crippen LogP contribution is 2.15. The summed E-state index contributed by atoms with van der Waals surface area (Å²) in [5.74, 6) is -0.363. The van der Waals surface area contributed by atoms with Crippen LogP contribution in [0.1, 0.15) is 12.8 Å². The largest absolute Gasteiger partial charge is 0.469 e. The number of carbonyl (C=O) groups excluding carboxylic acids is 2. The summed E-state index contributed by atoms with van der Waals surface area (Å²) >= 11 is 0. The topological polar surface area (TPSA) is 105 Å². The molecule has 120 valence electrons. The van der Waals surface area contributed by atoms with E-state index < -0.39 is 10.0 Å². The fourth-order valence-electron chi connectivity index (χ4n) is 1.97. The molecule has 0 saturated carbocycles. The third kappa shape index (κ3) is 4.17. The van der Waals surface area contributed by atoms with Crippen LogP contribution in [0.2, 0.25) is 0 Å². The van der Waals surface area contributed by atoms with Crippen LogP contribution in [0.5, 0.6) is 0 Å². The number of amides is 1. The second kappa shape index (κ2) is 6.73. The molecule has 2 aliphatic rings. The van der Waals surface area contributed by atoms with Gasteiger partial charge in [0.05, 0.1) is 18.4 Å². The number of nitrogens with zero attached hydrogens (tertiary/aromatic N) is 2. The summed E-state index contributed by atoms with van der Waals surface area (Å²) < 4.78 is 30.9. The first-order chi connectivity index (χ1) is 10.4. The van der Waals surface area contributed by atoms with Crippen molar-refractivity contribution < 1.29 is 22.7 Å². The molecule has 0 aliphatic carbocycles. The van der Waals surface area contributed by atoms with Crippen molar-refractivity contribution >= 4 is 27.7 Å². The van der Waals surface area contributed by atoms with Crippen LogP contribution in [0.25, 0.3) is 0 Å². The summed E-state index contributed by atoms with van der Waals surface area (Å²) in [7, 11) is -2.08. The van der Waals surface area contributed by atoms with Gasteiger partial charge in [-0.1, -0.05) is 0 Å². The monoisotopic (exact) mass is 327 g/mol. The van der Waals surface area contributed by atoms with Gasteiger partial charge in [-0.3, -0.25) is 9.59 Å². The van der Waals surface area contributed by atoms with Gasteiger partial charge < -0.3 is 15.0 Å². The summed E-state index contributed by atoms with van der Waals surface area (Å²) in [6.07, 6.45) is 5.32. The van der Waals surface area contributed by atoms with Crippen molar-refractivity contribution in [3.63, 3.8) is 0 Å². The van der Waals surface area contributed by atoms with Gasteiger partial charge in [0.2, 0.25) is 0 Å². The first-order valence-corrected chi connectivity index (χ1v) is 8.36. The van der Waals surface area contributed by atoms with E-state index in [-0.39, 0.29) is 30.6 Å². The second-order valence-corrected chi connectivity index (χ2v) is 6.54. The number of sulfonamides is 1. The van der Waals surface area contributed by atoms with Gasteiger partial charge in [-0.05, 0) is 18.6 Å². The minimum Gasteiger partial charge on any atom is -0.469 e. The van der Waals surface area contributed by atoms with Gasteiger partial charge in [0, 0.05) is 25.7 Å². The molecule has 0 aromatic heterocycles. The Morgan fingerprint density at radius 3 is 2.91 bits per heavy atom. The van der Waals surface area contributed by atoms with Gasteiger partial charge in [-0.25, -0.2) is 8.42 Å². The van der Waals surface area contributed by atoms with Crippen LogP contribution in [-0.4, -0.2) is 57.0 Å². The Hall–Kier alpha value is -2.16. The zero-order chi connectivity index (χ0) is 16.2. The molecule has 0 radical (unpaired) electrons. The van der Waals surface area contributed by atoms with Crippen LogP contribution in [0.3, 0.4) is 0 Å². The Labute approximate surface area is 128 Å². The summed E-state index contributed by atoms with van der Waals surface area (Å²) in [5, 5.41) is 2.69. The number of rotatable bonds is 5. The first-order valence-electron chi connectivity index (χ1n) is 6.75. The van der Waals surface area contributed by atoms with Gasteiger partial charge in [0.25, 0.3) is 15.9 Å². The number of fused-ring (bicyclic) bond motifs is 1. The number of amidine groups is 1. The standard InChI is InChI=1S/C13H17N3O5S/c1-21-12(17)3-2-6-14-13(18)10-4-5-11-15-22(19,20)8-7-16(11)9-10/h4-5,9H,2-3,6-8H2,1H3,(H,14,18). The molecule has 1 N–H and O–H groups in total. The van der Waals surface area contributed by atoms with Gasteiger partial charge in [-0.15, -0.1) is 4.40 Å². The number of hydrogen-bond donors (Lipinski definition) is 1. The number of hydrogen-bond acceptors (Lipinski definition) is 6. The molecule has 2 rings (SSSR count). The van der Waals surface area contributed by atoms with Gasteiger partial charge >= 0.3 is 5.97 Å². The lowest BCUT2D eigenvalue weighted by molar-refractivity contribution is -0.140. The zero-order valence-corrected chi connectivity index (χ0v) is 12.9. The maximum absolute atomic E-state index is 12.0. The van der Waals surface area contributed by atoms with Crippen molar-refractivity contribution in [2.45, 2.75) is 12.8 Å². The Kier molecular flexibility index (Phi) is 4.96. The summed E-state index contributed by atoms with van der Waals surface area (Å²) in [5.41, 5.74) is 0.413. The summed E-state index contributed by atoms with van der Waals surface area (Å²) in [6, 6.07) is 0. The van der Waals surface area contributed by atoms with E-state index in [9.17, 15) is 18.0 Å². The van der Waals surface area contributed by atoms with Crippen LogP contribution in [0, 0.1) is 0 Å². The molecule has 2 heterocycles. The highest BCUT2D eigenvalue weighted by molar-refractivity contribution is 7.90. The van der Waals surface area contributed by atoms with Crippen LogP contribution >= 0.6 is 0 Å². The van der Waals surface area contributed by atoms with E-state index in [0.29, 0.717) is 24.4 Å². The Balaban J connectivity index is 1.89. The molecule has 0 fully saturated rings. The van der Waals surface area contributed by atoms with Crippen LogP contribution in [0.15, 0.2) is 28.3 Å². The molecular weight excluding hydrogens is 310 g/mol. The highest BCUT2D eigenvalue weighted by atomic mass is 32.2. The number of ether oxygens (including phenoxy) is 1. The average Bonchev–Trinajstić information content (AvgIpc) is 2.49. The molecule has 0 unspecified atom stereocenters. The Morgan fingerprint density at radius 2 is 2.18 bits per heavy atom. The third-order valence-corrected chi connectivity index (χ3v) is 4.32. The third-order valence-electron chi connectivity index (χ3n) is 3.16. The molecule has 1 amide bonds. The predicted molar refractivity (Wildman–Crippen MR) is 79.4 cm³/mol. The second-order valence-electron chi connectivity index (χ2n) is 4.78. The summed E-state index contributed by atoms with van der Waals surface area (Å²) in [4.78, 5) is 24.6. The lowest BCUT2D eigenvalue weighted by Crippen LogP contribution is -2.38. The number of esters is 1. The molecule has 8 nitrogen and oxygen atoms in total. The highest BCUT2D eigenvalue weighted by Gasteiger charge is 2.24. The Morgan fingerprint density at radius 1 is 1.41 bits per heavy atom. The van der Waals surface area contributed by atoms with Crippen LogP contribution in [0.4, 0.5) is 0 Å². The molecule has 9 heteroatoms. The van der Waals surface area contributed by atoms with E-state index in [2.05, 4.69) is 14.5 Å². The normalized spacial score (nSPS) is 18.9. The maximum atomic E-state index is 12.0. The van der Waals surface area contributed by atoms with Gasteiger partial charge in [0.1, 0.15) is 5.84 Å².